The molecule has 2 aliphatic heterocycles. The van der Waals surface area contributed by atoms with Gasteiger partial charge in [-0.15, -0.1) is 0 Å². The molecule has 0 aromatic heterocycles. The Morgan fingerprint density at radius 2 is 0.910 bits per heavy atom. The lowest BCUT2D eigenvalue weighted by atomic mass is 9.78. The number of rotatable bonds is 18. The number of piperidine rings is 2. The summed E-state index contributed by atoms with van der Waals surface area (Å²) in [5.41, 5.74) is 3.17. The number of phenols is 1. The average molecular weight is 1080 g/mol. The standard InChI is InChI=1S/C64H86N2O12/c1-59(2,3)51-32-41(33-52(57(51)71)60(4,5)6)19-28-54(68)74-45-24-20-42(21-25-45)43-22-26-46(27-23-43)78-58(72)44-34-47(75-53(67)18-17-31-73-49-37-61(7,8)65(15)62(9,10)38-49)36-48(35-44)76-55(69)29-30-56(70)77-50-39-63(11,12)66(16)64(13,14)40-50/h20-27,32-36,49-50,71H,17-19,28-31,37-40H2,1-16H3. The van der Waals surface area contributed by atoms with E-state index >= 15 is 0 Å². The Kier molecular flexibility index (Phi) is 18.9. The van der Waals surface area contributed by atoms with Crippen LogP contribution in [0.3, 0.4) is 0 Å². The number of hydrogen-bond acceptors (Lipinski definition) is 14. The third kappa shape index (κ3) is 16.3. The van der Waals surface area contributed by atoms with Crippen molar-refractivity contribution in [2.24, 2.45) is 0 Å². The number of carbonyl (C=O) groups is 5. The fourth-order valence-electron chi connectivity index (χ4n) is 10.9. The van der Waals surface area contributed by atoms with Crippen LogP contribution in [0, 0.1) is 0 Å². The molecule has 14 heteroatoms. The molecular formula is C64H86N2O12. The van der Waals surface area contributed by atoms with Gasteiger partial charge in [0.1, 0.15) is 34.9 Å². The normalized spacial score (nSPS) is 17.7. The summed E-state index contributed by atoms with van der Waals surface area (Å²) in [5.74, 6) is -2.20. The number of phenolic OH excluding ortho intramolecular Hbond substituents is 1. The Morgan fingerprint density at radius 3 is 1.37 bits per heavy atom. The Labute approximate surface area is 463 Å². The van der Waals surface area contributed by atoms with Gasteiger partial charge < -0.3 is 33.5 Å². The number of carbonyl (C=O) groups excluding carboxylic acids is 5. The van der Waals surface area contributed by atoms with Gasteiger partial charge in [0, 0.05) is 60.5 Å². The van der Waals surface area contributed by atoms with Gasteiger partial charge in [-0.2, -0.15) is 0 Å². The monoisotopic (exact) mass is 1070 g/mol. The van der Waals surface area contributed by atoms with Gasteiger partial charge in [-0.25, -0.2) is 4.79 Å². The maximum Gasteiger partial charge on any atom is 0.343 e. The van der Waals surface area contributed by atoms with Crippen LogP contribution in [0.15, 0.2) is 78.9 Å². The number of hydrogen-bond donors (Lipinski definition) is 1. The second-order valence-corrected chi connectivity index (χ2v) is 26.0. The summed E-state index contributed by atoms with van der Waals surface area (Å²) in [6.45, 7) is 30.0. The zero-order chi connectivity index (χ0) is 57.8. The highest BCUT2D eigenvalue weighted by Crippen LogP contribution is 2.42. The van der Waals surface area contributed by atoms with Gasteiger partial charge in [-0.3, -0.25) is 29.0 Å². The topological polar surface area (TPSA) is 167 Å². The summed E-state index contributed by atoms with van der Waals surface area (Å²) in [7, 11) is 4.20. The first-order valence-corrected chi connectivity index (χ1v) is 27.5. The van der Waals surface area contributed by atoms with E-state index in [0.29, 0.717) is 43.8 Å². The van der Waals surface area contributed by atoms with Crippen LogP contribution in [0.1, 0.15) is 182 Å². The van der Waals surface area contributed by atoms with E-state index in [1.807, 2.05) is 24.3 Å². The fourth-order valence-corrected chi connectivity index (χ4v) is 10.9. The van der Waals surface area contributed by atoms with Crippen LogP contribution in [-0.2, 0) is 45.9 Å². The summed E-state index contributed by atoms with van der Waals surface area (Å²) in [6, 6.07) is 21.9. The summed E-state index contributed by atoms with van der Waals surface area (Å²) in [4.78, 5) is 70.9. The van der Waals surface area contributed by atoms with Gasteiger partial charge in [0.25, 0.3) is 0 Å². The van der Waals surface area contributed by atoms with Crippen LogP contribution in [0.4, 0.5) is 0 Å². The maximum absolute atomic E-state index is 13.8. The molecular weight excluding hydrogens is 989 g/mol. The number of likely N-dealkylation sites (tertiary alicyclic amines) is 2. The van der Waals surface area contributed by atoms with Crippen LogP contribution < -0.4 is 18.9 Å². The molecule has 2 fully saturated rings. The van der Waals surface area contributed by atoms with Crippen molar-refractivity contribution in [2.75, 3.05) is 20.7 Å². The smallest absolute Gasteiger partial charge is 0.343 e. The first kappa shape index (κ1) is 61.1. The molecule has 0 bridgehead atoms. The summed E-state index contributed by atoms with van der Waals surface area (Å²) in [5, 5.41) is 11.1. The summed E-state index contributed by atoms with van der Waals surface area (Å²) >= 11 is 0. The average Bonchev–Trinajstić information content (AvgIpc) is 3.37. The highest BCUT2D eigenvalue weighted by atomic mass is 16.6. The number of aryl methyl sites for hydroxylation is 1. The van der Waals surface area contributed by atoms with Gasteiger partial charge in [0.2, 0.25) is 0 Å². The molecule has 0 spiro atoms. The maximum atomic E-state index is 13.8. The van der Waals surface area contributed by atoms with E-state index in [0.717, 1.165) is 40.7 Å². The predicted molar refractivity (Wildman–Crippen MR) is 302 cm³/mol. The van der Waals surface area contributed by atoms with E-state index in [9.17, 15) is 29.1 Å². The molecule has 424 valence electrons. The molecule has 0 amide bonds. The Bertz CT molecular complexity index is 2730. The SMILES string of the molecule is CN1C(C)(C)CC(OCCCC(=O)Oc2cc(OC(=O)CCC(=O)OC3CC(C)(C)N(C)C(C)(C)C3)cc(C(=O)Oc3ccc(-c4ccc(OC(=O)CCc5cc(C(C)(C)C)c(O)c(C(C)(C)C)c5)cc4)cc3)c2)CC1(C)C. The molecule has 1 N–H and O–H groups in total. The van der Waals surface area contributed by atoms with E-state index in [-0.39, 0.29) is 99.7 Å². The van der Waals surface area contributed by atoms with E-state index in [2.05, 4.69) is 121 Å². The molecule has 0 atom stereocenters. The quantitative estimate of drug-likeness (QED) is 0.0568. The molecule has 78 heavy (non-hydrogen) atoms. The number of benzene rings is 4. The van der Waals surface area contributed by atoms with Gasteiger partial charge in [0.05, 0.1) is 24.5 Å². The first-order valence-electron chi connectivity index (χ1n) is 27.5. The van der Waals surface area contributed by atoms with Crippen molar-refractivity contribution in [1.82, 2.24) is 9.80 Å². The molecule has 0 radical (unpaired) electrons. The second kappa shape index (κ2) is 24.1. The number of nitrogens with zero attached hydrogens (tertiary/aromatic N) is 2. The lowest BCUT2D eigenvalue weighted by Gasteiger charge is -2.53. The van der Waals surface area contributed by atoms with Crippen LogP contribution in [0.25, 0.3) is 11.1 Å². The van der Waals surface area contributed by atoms with Gasteiger partial charge >= 0.3 is 29.8 Å². The highest BCUT2D eigenvalue weighted by molar-refractivity contribution is 5.93. The minimum Gasteiger partial charge on any atom is -0.507 e. The number of aromatic hydroxyl groups is 1. The highest BCUT2D eigenvalue weighted by Gasteiger charge is 2.45. The molecule has 2 aliphatic rings. The Balaban J connectivity index is 1.07. The van der Waals surface area contributed by atoms with Gasteiger partial charge in [-0.1, -0.05) is 77.9 Å². The molecule has 0 aliphatic carbocycles. The van der Waals surface area contributed by atoms with Crippen LogP contribution in [-0.4, -0.2) is 99.8 Å². The molecule has 2 heterocycles. The number of ether oxygens (including phenoxy) is 6. The lowest BCUT2D eigenvalue weighted by molar-refractivity contribution is -0.160. The molecule has 6 rings (SSSR count). The van der Waals surface area contributed by atoms with Crippen molar-refractivity contribution in [3.8, 4) is 39.9 Å². The number of esters is 5. The van der Waals surface area contributed by atoms with Crippen molar-refractivity contribution in [1.29, 1.82) is 0 Å². The van der Waals surface area contributed by atoms with E-state index in [4.69, 9.17) is 28.4 Å². The minimum atomic E-state index is -0.802. The van der Waals surface area contributed by atoms with Crippen molar-refractivity contribution < 1.29 is 57.5 Å². The van der Waals surface area contributed by atoms with Crippen LogP contribution >= 0.6 is 0 Å². The molecule has 4 aromatic carbocycles. The molecule has 2 saturated heterocycles. The zero-order valence-corrected chi connectivity index (χ0v) is 49.3. The second-order valence-electron chi connectivity index (χ2n) is 26.0. The van der Waals surface area contributed by atoms with E-state index < -0.39 is 23.9 Å². The third-order valence-electron chi connectivity index (χ3n) is 15.7. The molecule has 0 saturated carbocycles. The van der Waals surface area contributed by atoms with E-state index in [1.54, 1.807) is 36.4 Å². The summed E-state index contributed by atoms with van der Waals surface area (Å²) in [6.07, 6.45) is 3.32. The van der Waals surface area contributed by atoms with Crippen molar-refractivity contribution in [3.63, 3.8) is 0 Å². The Morgan fingerprint density at radius 1 is 0.513 bits per heavy atom. The Hall–Kier alpha value is -6.09. The summed E-state index contributed by atoms with van der Waals surface area (Å²) < 4.78 is 34.9. The minimum absolute atomic E-state index is 0.0323. The first-order chi connectivity index (χ1) is 36.1. The van der Waals surface area contributed by atoms with Gasteiger partial charge in [-0.05, 0) is 170 Å². The molecule has 14 nitrogen and oxygen atoms in total. The van der Waals surface area contributed by atoms with Crippen LogP contribution in [0.5, 0.6) is 28.7 Å². The fraction of sp³-hybridized carbons (Fsp3) is 0.547. The van der Waals surface area contributed by atoms with Crippen LogP contribution in [0.2, 0.25) is 0 Å². The zero-order valence-electron chi connectivity index (χ0n) is 49.3. The largest absolute Gasteiger partial charge is 0.507 e. The predicted octanol–water partition coefficient (Wildman–Crippen LogP) is 12.6. The van der Waals surface area contributed by atoms with Crippen molar-refractivity contribution in [2.45, 2.75) is 206 Å². The molecule has 0 unspecified atom stereocenters. The van der Waals surface area contributed by atoms with Crippen molar-refractivity contribution >= 4 is 29.8 Å². The van der Waals surface area contributed by atoms with E-state index in [1.165, 1.54) is 18.2 Å². The molecule has 4 aromatic rings. The third-order valence-corrected chi connectivity index (χ3v) is 15.7. The lowest BCUT2D eigenvalue weighted by Crippen LogP contribution is -2.60. The van der Waals surface area contributed by atoms with Crippen molar-refractivity contribution in [3.05, 3.63) is 101 Å². The van der Waals surface area contributed by atoms with Gasteiger partial charge in [0.15, 0.2) is 0 Å².